The number of rotatable bonds is 32. The van der Waals surface area contributed by atoms with Gasteiger partial charge >= 0.3 is 0 Å². The third-order valence-electron chi connectivity index (χ3n) is 8.38. The average molecular weight is 582 g/mol. The second-order valence-electron chi connectivity index (χ2n) is 12.4. The topological polar surface area (TPSA) is 89.8 Å². The summed E-state index contributed by atoms with van der Waals surface area (Å²) in [6.45, 7) is 4.16. The molecule has 0 aliphatic rings. The number of hydrogen-bond donors (Lipinski definition) is 4. The van der Waals surface area contributed by atoms with Gasteiger partial charge in [0.05, 0.1) is 18.8 Å². The monoisotopic (exact) mass is 582 g/mol. The number of aliphatic hydroxyl groups is 3. The van der Waals surface area contributed by atoms with Gasteiger partial charge in [-0.3, -0.25) is 4.79 Å². The Balaban J connectivity index is 3.64. The first-order valence-electron chi connectivity index (χ1n) is 18.0. The fourth-order valence-corrected chi connectivity index (χ4v) is 5.46. The highest BCUT2D eigenvalue weighted by molar-refractivity contribution is 5.80. The van der Waals surface area contributed by atoms with Crippen molar-refractivity contribution in [1.29, 1.82) is 0 Å². The molecule has 0 rings (SSSR count). The second-order valence-corrected chi connectivity index (χ2v) is 12.4. The summed E-state index contributed by atoms with van der Waals surface area (Å²) in [5.41, 5.74) is 0. The Morgan fingerprint density at radius 2 is 0.951 bits per heavy atom. The number of hydrogen-bond acceptors (Lipinski definition) is 4. The molecule has 5 nitrogen and oxygen atoms in total. The van der Waals surface area contributed by atoms with E-state index in [1.165, 1.54) is 116 Å². The summed E-state index contributed by atoms with van der Waals surface area (Å²) in [6, 6.07) is -0.712. The van der Waals surface area contributed by atoms with Crippen LogP contribution < -0.4 is 5.32 Å². The molecule has 0 saturated carbocycles. The summed E-state index contributed by atoms with van der Waals surface area (Å²) >= 11 is 0. The number of allylic oxidation sites excluding steroid dienone is 2. The summed E-state index contributed by atoms with van der Waals surface area (Å²) in [6.07, 6.45) is 34.9. The highest BCUT2D eigenvalue weighted by Crippen LogP contribution is 2.15. The van der Waals surface area contributed by atoms with Gasteiger partial charge < -0.3 is 20.6 Å². The molecule has 0 fully saturated rings. The van der Waals surface area contributed by atoms with Crippen LogP contribution in [0.1, 0.15) is 187 Å². The van der Waals surface area contributed by atoms with Crippen molar-refractivity contribution in [2.75, 3.05) is 6.61 Å². The third-order valence-corrected chi connectivity index (χ3v) is 8.38. The van der Waals surface area contributed by atoms with E-state index in [-0.39, 0.29) is 6.61 Å². The maximum atomic E-state index is 12.3. The summed E-state index contributed by atoms with van der Waals surface area (Å²) in [5, 5.41) is 33.0. The molecule has 0 aromatic rings. The molecule has 3 unspecified atom stereocenters. The molecule has 0 aromatic carbocycles. The number of carbonyl (C=O) groups excluding carboxylic acids is 1. The van der Waals surface area contributed by atoms with Crippen molar-refractivity contribution < 1.29 is 20.1 Å². The molecule has 0 bridgehead atoms. The Morgan fingerprint density at radius 1 is 0.561 bits per heavy atom. The Hall–Kier alpha value is -0.910. The van der Waals surface area contributed by atoms with Crippen LogP contribution in [0.2, 0.25) is 0 Å². The van der Waals surface area contributed by atoms with Crippen LogP contribution >= 0.6 is 0 Å². The molecule has 0 aliphatic carbocycles. The third kappa shape index (κ3) is 27.7. The molecule has 244 valence electrons. The minimum absolute atomic E-state index is 0.316. The molecule has 0 aliphatic heterocycles. The molecule has 41 heavy (non-hydrogen) atoms. The number of unbranched alkanes of at least 4 members (excludes halogenated alkanes) is 22. The predicted octanol–water partition coefficient (Wildman–Crippen LogP) is 9.31. The summed E-state index contributed by atoms with van der Waals surface area (Å²) < 4.78 is 0. The SMILES string of the molecule is CCCC/C=C\CCCCCC(O)C(=O)NC(CO)C(O)CCCCCCCCCCCCCCCCCCCC. The molecule has 0 saturated heterocycles. The molecular formula is C36H71NO4. The van der Waals surface area contributed by atoms with Gasteiger partial charge in [-0.25, -0.2) is 0 Å². The van der Waals surface area contributed by atoms with E-state index in [9.17, 15) is 20.1 Å². The Labute approximate surface area is 255 Å². The van der Waals surface area contributed by atoms with E-state index in [1.54, 1.807) is 0 Å². The number of nitrogens with one attached hydrogen (secondary N) is 1. The zero-order valence-corrected chi connectivity index (χ0v) is 27.4. The van der Waals surface area contributed by atoms with Gasteiger partial charge in [-0.05, 0) is 32.1 Å². The van der Waals surface area contributed by atoms with Gasteiger partial charge in [0.25, 0.3) is 0 Å². The first-order chi connectivity index (χ1) is 20.1. The lowest BCUT2D eigenvalue weighted by Crippen LogP contribution is -2.49. The van der Waals surface area contributed by atoms with Gasteiger partial charge in [0.1, 0.15) is 6.10 Å². The van der Waals surface area contributed by atoms with Crippen LogP contribution in [0.5, 0.6) is 0 Å². The molecule has 3 atom stereocenters. The lowest BCUT2D eigenvalue weighted by Gasteiger charge is -2.23. The lowest BCUT2D eigenvalue weighted by molar-refractivity contribution is -0.131. The van der Waals surface area contributed by atoms with Crippen LogP contribution in [-0.2, 0) is 4.79 Å². The molecule has 5 heteroatoms. The van der Waals surface area contributed by atoms with Crippen LogP contribution in [0.25, 0.3) is 0 Å². The fraction of sp³-hybridized carbons (Fsp3) is 0.917. The lowest BCUT2D eigenvalue weighted by atomic mass is 10.0. The van der Waals surface area contributed by atoms with E-state index in [0.29, 0.717) is 12.8 Å². The van der Waals surface area contributed by atoms with Gasteiger partial charge in [0.15, 0.2) is 0 Å². The van der Waals surface area contributed by atoms with E-state index in [2.05, 4.69) is 31.3 Å². The van der Waals surface area contributed by atoms with Crippen LogP contribution in [-0.4, -0.2) is 46.1 Å². The predicted molar refractivity (Wildman–Crippen MR) is 176 cm³/mol. The van der Waals surface area contributed by atoms with Gasteiger partial charge in [-0.1, -0.05) is 167 Å². The molecule has 0 spiro atoms. The van der Waals surface area contributed by atoms with Crippen molar-refractivity contribution in [3.05, 3.63) is 12.2 Å². The molecule has 1 amide bonds. The maximum absolute atomic E-state index is 12.3. The highest BCUT2D eigenvalue weighted by atomic mass is 16.3. The van der Waals surface area contributed by atoms with Crippen molar-refractivity contribution in [2.24, 2.45) is 0 Å². The first kappa shape index (κ1) is 40.1. The summed E-state index contributed by atoms with van der Waals surface area (Å²) in [5.74, 6) is -0.486. The quantitative estimate of drug-likeness (QED) is 0.0471. The highest BCUT2D eigenvalue weighted by Gasteiger charge is 2.23. The van der Waals surface area contributed by atoms with Crippen LogP contribution in [0.3, 0.4) is 0 Å². The smallest absolute Gasteiger partial charge is 0.249 e. The molecule has 0 radical (unpaired) electrons. The summed E-state index contributed by atoms with van der Waals surface area (Å²) in [7, 11) is 0. The summed E-state index contributed by atoms with van der Waals surface area (Å²) in [4.78, 5) is 12.3. The van der Waals surface area contributed by atoms with Crippen LogP contribution in [0.4, 0.5) is 0 Å². The Kier molecular flexibility index (Phi) is 31.3. The van der Waals surface area contributed by atoms with Gasteiger partial charge in [0, 0.05) is 0 Å². The largest absolute Gasteiger partial charge is 0.394 e. The number of aliphatic hydroxyl groups excluding tert-OH is 3. The van der Waals surface area contributed by atoms with E-state index in [0.717, 1.165) is 44.9 Å². The van der Waals surface area contributed by atoms with Crippen molar-refractivity contribution in [3.63, 3.8) is 0 Å². The standard InChI is InChI=1S/C36H71NO4/c1-3-5-7-9-11-13-14-15-16-17-18-19-20-21-23-24-26-28-30-34(39)33(32-38)37-36(41)35(40)31-29-27-25-22-12-10-8-6-4-2/h10,12,33-35,38-40H,3-9,11,13-32H2,1-2H3,(H,37,41)/b12-10-. The zero-order valence-electron chi connectivity index (χ0n) is 27.4. The van der Waals surface area contributed by atoms with Crippen LogP contribution in [0, 0.1) is 0 Å². The van der Waals surface area contributed by atoms with E-state index in [4.69, 9.17) is 0 Å². The second kappa shape index (κ2) is 32.0. The normalized spacial score (nSPS) is 14.0. The Morgan fingerprint density at radius 3 is 1.41 bits per heavy atom. The molecule has 0 aromatic heterocycles. The van der Waals surface area contributed by atoms with Crippen molar-refractivity contribution >= 4 is 5.91 Å². The van der Waals surface area contributed by atoms with E-state index in [1.807, 2.05) is 0 Å². The molecule has 4 N–H and O–H groups in total. The average Bonchev–Trinajstić information content (AvgIpc) is 2.98. The molecular weight excluding hydrogens is 510 g/mol. The number of amides is 1. The zero-order chi connectivity index (χ0) is 30.2. The fourth-order valence-electron chi connectivity index (χ4n) is 5.46. The van der Waals surface area contributed by atoms with Gasteiger partial charge in [-0.15, -0.1) is 0 Å². The minimum Gasteiger partial charge on any atom is -0.394 e. The van der Waals surface area contributed by atoms with E-state index < -0.39 is 24.2 Å². The van der Waals surface area contributed by atoms with Crippen molar-refractivity contribution in [3.8, 4) is 0 Å². The molecule has 0 heterocycles. The Bertz CT molecular complexity index is 568. The van der Waals surface area contributed by atoms with Crippen molar-refractivity contribution in [1.82, 2.24) is 5.32 Å². The van der Waals surface area contributed by atoms with Crippen LogP contribution in [0.15, 0.2) is 12.2 Å². The first-order valence-corrected chi connectivity index (χ1v) is 18.0. The van der Waals surface area contributed by atoms with Gasteiger partial charge in [0.2, 0.25) is 5.91 Å². The maximum Gasteiger partial charge on any atom is 0.249 e. The number of carbonyl (C=O) groups is 1. The van der Waals surface area contributed by atoms with Crippen molar-refractivity contribution in [2.45, 2.75) is 205 Å². The van der Waals surface area contributed by atoms with E-state index >= 15 is 0 Å². The van der Waals surface area contributed by atoms with Gasteiger partial charge in [-0.2, -0.15) is 0 Å². The minimum atomic E-state index is -1.08.